The van der Waals surface area contributed by atoms with Crippen molar-refractivity contribution in [3.05, 3.63) is 35.4 Å². The van der Waals surface area contributed by atoms with Crippen LogP contribution in [0.25, 0.3) is 0 Å². The summed E-state index contributed by atoms with van der Waals surface area (Å²) in [6, 6.07) is 2.42. The van der Waals surface area contributed by atoms with Gasteiger partial charge in [0.25, 0.3) is 0 Å². The van der Waals surface area contributed by atoms with Crippen molar-refractivity contribution < 1.29 is 18.4 Å². The lowest BCUT2D eigenvalue weighted by Crippen LogP contribution is -2.42. The highest BCUT2D eigenvalue weighted by atomic mass is 35.5. The zero-order valence-electron chi connectivity index (χ0n) is 10.2. The van der Waals surface area contributed by atoms with E-state index in [4.69, 9.17) is 11.6 Å². The van der Waals surface area contributed by atoms with E-state index in [9.17, 15) is 18.4 Å². The number of urea groups is 1. The SMILES string of the molecule is CC(Cl)C(=O)NC(=O)NCCc1cc(F)cc(F)c1. The van der Waals surface area contributed by atoms with E-state index in [1.807, 2.05) is 5.32 Å². The van der Waals surface area contributed by atoms with Gasteiger partial charge in [0.2, 0.25) is 5.91 Å². The summed E-state index contributed by atoms with van der Waals surface area (Å²) >= 11 is 5.46. The summed E-state index contributed by atoms with van der Waals surface area (Å²) in [4.78, 5) is 22.3. The maximum absolute atomic E-state index is 12.9. The molecule has 0 fully saturated rings. The van der Waals surface area contributed by atoms with Gasteiger partial charge in [-0.25, -0.2) is 13.6 Å². The molecule has 7 heteroatoms. The van der Waals surface area contributed by atoms with Gasteiger partial charge in [-0.2, -0.15) is 0 Å². The van der Waals surface area contributed by atoms with Crippen LogP contribution in [0, 0.1) is 11.6 Å². The van der Waals surface area contributed by atoms with E-state index in [2.05, 4.69) is 5.32 Å². The Kier molecular flexibility index (Phi) is 5.69. The van der Waals surface area contributed by atoms with Gasteiger partial charge in [-0.15, -0.1) is 11.6 Å². The number of halogens is 3. The highest BCUT2D eigenvalue weighted by Gasteiger charge is 2.12. The first-order valence-electron chi connectivity index (χ1n) is 5.56. The summed E-state index contributed by atoms with van der Waals surface area (Å²) in [5.74, 6) is -1.97. The van der Waals surface area contributed by atoms with Gasteiger partial charge in [-0.05, 0) is 31.0 Å². The smallest absolute Gasteiger partial charge is 0.321 e. The summed E-state index contributed by atoms with van der Waals surface area (Å²) in [6.07, 6.45) is 0.243. The molecule has 0 heterocycles. The molecular weight excluding hydrogens is 278 g/mol. The summed E-state index contributed by atoms with van der Waals surface area (Å²) in [5.41, 5.74) is 0.412. The van der Waals surface area contributed by atoms with Crippen LogP contribution < -0.4 is 10.6 Å². The Bertz CT molecular complexity index is 461. The number of imide groups is 1. The quantitative estimate of drug-likeness (QED) is 0.833. The van der Waals surface area contributed by atoms with Crippen molar-refractivity contribution in [3.63, 3.8) is 0 Å². The minimum absolute atomic E-state index is 0.138. The molecule has 1 rings (SSSR count). The van der Waals surface area contributed by atoms with Crippen molar-refractivity contribution in [1.29, 1.82) is 0 Å². The van der Waals surface area contributed by atoms with Gasteiger partial charge in [-0.1, -0.05) is 0 Å². The molecule has 19 heavy (non-hydrogen) atoms. The topological polar surface area (TPSA) is 58.2 Å². The Labute approximate surface area is 114 Å². The molecule has 0 bridgehead atoms. The van der Waals surface area contributed by atoms with Crippen LogP contribution in [0.4, 0.5) is 13.6 Å². The lowest BCUT2D eigenvalue weighted by Gasteiger charge is -2.07. The summed E-state index contributed by atoms with van der Waals surface area (Å²) in [6.45, 7) is 1.57. The van der Waals surface area contributed by atoms with Crippen molar-refractivity contribution in [2.45, 2.75) is 18.7 Å². The number of benzene rings is 1. The number of hydrogen-bond acceptors (Lipinski definition) is 2. The molecule has 1 atom stereocenters. The molecule has 4 nitrogen and oxygen atoms in total. The van der Waals surface area contributed by atoms with Crippen molar-refractivity contribution in [2.24, 2.45) is 0 Å². The maximum Gasteiger partial charge on any atom is 0.321 e. The normalized spacial score (nSPS) is 11.8. The Morgan fingerprint density at radius 3 is 2.37 bits per heavy atom. The van der Waals surface area contributed by atoms with Gasteiger partial charge in [0.15, 0.2) is 0 Å². The summed E-state index contributed by atoms with van der Waals surface area (Å²) in [5, 5.41) is 3.58. The predicted octanol–water partition coefficient (Wildman–Crippen LogP) is 1.96. The number of alkyl halides is 1. The van der Waals surface area contributed by atoms with Gasteiger partial charge in [0.1, 0.15) is 17.0 Å². The molecule has 0 radical (unpaired) electrons. The van der Waals surface area contributed by atoms with Crippen molar-refractivity contribution in [1.82, 2.24) is 10.6 Å². The van der Waals surface area contributed by atoms with Crippen LogP contribution in [0.15, 0.2) is 18.2 Å². The first kappa shape index (κ1) is 15.4. The predicted molar refractivity (Wildman–Crippen MR) is 66.9 cm³/mol. The fourth-order valence-corrected chi connectivity index (χ4v) is 1.39. The van der Waals surface area contributed by atoms with E-state index >= 15 is 0 Å². The van der Waals surface area contributed by atoms with Gasteiger partial charge < -0.3 is 5.32 Å². The second-order valence-electron chi connectivity index (χ2n) is 3.89. The van der Waals surface area contributed by atoms with E-state index < -0.39 is 28.9 Å². The molecule has 0 spiro atoms. The van der Waals surface area contributed by atoms with Crippen LogP contribution in [0.3, 0.4) is 0 Å². The number of rotatable bonds is 4. The zero-order chi connectivity index (χ0) is 14.4. The Morgan fingerprint density at radius 1 is 1.26 bits per heavy atom. The molecule has 0 aromatic heterocycles. The second kappa shape index (κ2) is 7.04. The molecule has 0 aliphatic carbocycles. The lowest BCUT2D eigenvalue weighted by molar-refractivity contribution is -0.119. The molecule has 104 valence electrons. The molecule has 2 N–H and O–H groups in total. The second-order valence-corrected chi connectivity index (χ2v) is 4.54. The number of carbonyl (C=O) groups excluding carboxylic acids is 2. The van der Waals surface area contributed by atoms with Gasteiger partial charge in [0.05, 0.1) is 0 Å². The van der Waals surface area contributed by atoms with E-state index in [-0.39, 0.29) is 13.0 Å². The molecule has 0 saturated carbocycles. The molecule has 1 unspecified atom stereocenters. The van der Waals surface area contributed by atoms with Gasteiger partial charge >= 0.3 is 6.03 Å². The Morgan fingerprint density at radius 2 is 1.84 bits per heavy atom. The lowest BCUT2D eigenvalue weighted by atomic mass is 10.1. The van der Waals surface area contributed by atoms with Crippen LogP contribution in [0.5, 0.6) is 0 Å². The first-order valence-corrected chi connectivity index (χ1v) is 6.00. The third kappa shape index (κ3) is 5.65. The standard InChI is InChI=1S/C12H13ClF2N2O2/c1-7(13)11(18)17-12(19)16-3-2-8-4-9(14)6-10(15)5-8/h4-7H,2-3H2,1H3,(H2,16,17,18,19). The third-order valence-corrected chi connectivity index (χ3v) is 2.42. The first-order chi connectivity index (χ1) is 8.88. The van der Waals surface area contributed by atoms with E-state index in [1.54, 1.807) is 0 Å². The van der Waals surface area contributed by atoms with Gasteiger partial charge in [-0.3, -0.25) is 10.1 Å². The van der Waals surface area contributed by atoms with Crippen LogP contribution >= 0.6 is 11.6 Å². The van der Waals surface area contributed by atoms with Crippen LogP contribution in [-0.2, 0) is 11.2 Å². The summed E-state index contributed by atoms with van der Waals surface area (Å²) in [7, 11) is 0. The number of hydrogen-bond donors (Lipinski definition) is 2. The highest BCUT2D eigenvalue weighted by molar-refractivity contribution is 6.31. The molecule has 1 aromatic carbocycles. The van der Waals surface area contributed by atoms with Crippen molar-refractivity contribution in [3.8, 4) is 0 Å². The zero-order valence-corrected chi connectivity index (χ0v) is 10.9. The van der Waals surface area contributed by atoms with E-state index in [1.165, 1.54) is 19.1 Å². The third-order valence-electron chi connectivity index (χ3n) is 2.22. The highest BCUT2D eigenvalue weighted by Crippen LogP contribution is 2.07. The number of carbonyl (C=O) groups is 2. The van der Waals surface area contributed by atoms with Crippen LogP contribution in [0.1, 0.15) is 12.5 Å². The molecular formula is C12H13ClF2N2O2. The molecule has 3 amide bonds. The minimum atomic E-state index is -0.817. The molecule has 0 saturated heterocycles. The Hall–Kier alpha value is -1.69. The van der Waals surface area contributed by atoms with Crippen molar-refractivity contribution >= 4 is 23.5 Å². The average Bonchev–Trinajstić information content (AvgIpc) is 2.27. The fraction of sp³-hybridized carbons (Fsp3) is 0.333. The summed E-state index contributed by atoms with van der Waals surface area (Å²) < 4.78 is 25.8. The van der Waals surface area contributed by atoms with Gasteiger partial charge in [0, 0.05) is 12.6 Å². The number of amides is 3. The molecule has 0 aliphatic rings. The molecule has 0 aliphatic heterocycles. The van der Waals surface area contributed by atoms with E-state index in [0.717, 1.165) is 6.07 Å². The van der Waals surface area contributed by atoms with Crippen molar-refractivity contribution in [2.75, 3.05) is 6.54 Å². The van der Waals surface area contributed by atoms with Crippen LogP contribution in [0.2, 0.25) is 0 Å². The maximum atomic E-state index is 12.9. The average molecular weight is 291 g/mol. The largest absolute Gasteiger partial charge is 0.337 e. The molecule has 1 aromatic rings. The van der Waals surface area contributed by atoms with E-state index in [0.29, 0.717) is 5.56 Å². The fourth-order valence-electron chi connectivity index (χ4n) is 1.33. The van der Waals surface area contributed by atoms with Crippen LogP contribution in [-0.4, -0.2) is 23.9 Å². The monoisotopic (exact) mass is 290 g/mol. The number of nitrogens with one attached hydrogen (secondary N) is 2. The minimum Gasteiger partial charge on any atom is -0.337 e. The Balaban J connectivity index is 2.38.